The van der Waals surface area contributed by atoms with Crippen molar-refractivity contribution >= 4 is 11.8 Å². The molecule has 0 spiro atoms. The summed E-state index contributed by atoms with van der Waals surface area (Å²) in [6.45, 7) is 15.7. The first-order chi connectivity index (χ1) is 13.5. The lowest BCUT2D eigenvalue weighted by molar-refractivity contribution is -0.259. The van der Waals surface area contributed by atoms with E-state index in [1.807, 2.05) is 55.4 Å². The molecule has 2 aliphatic heterocycles. The molecule has 0 aliphatic carbocycles. The van der Waals surface area contributed by atoms with E-state index in [1.54, 1.807) is 0 Å². The van der Waals surface area contributed by atoms with Gasteiger partial charge < -0.3 is 15.2 Å². The zero-order chi connectivity index (χ0) is 23.1. The minimum atomic E-state index is -0.482. The maximum atomic E-state index is 12.5. The van der Waals surface area contributed by atoms with Crippen molar-refractivity contribution in [3.8, 4) is 0 Å². The Labute approximate surface area is 181 Å². The van der Waals surface area contributed by atoms with Crippen LogP contribution in [-0.2, 0) is 14.3 Å². The van der Waals surface area contributed by atoms with Crippen molar-refractivity contribution in [2.45, 2.75) is 129 Å². The summed E-state index contributed by atoms with van der Waals surface area (Å²) >= 11 is 0. The second-order valence-corrected chi connectivity index (χ2v) is 11.9. The quantitative estimate of drug-likeness (QED) is 0.611. The van der Waals surface area contributed by atoms with Gasteiger partial charge in [0.05, 0.1) is 6.42 Å². The van der Waals surface area contributed by atoms with Gasteiger partial charge in [-0.05, 0) is 74.1 Å². The Morgan fingerprint density at radius 2 is 1.17 bits per heavy atom. The van der Waals surface area contributed by atoms with Crippen molar-refractivity contribution < 1.29 is 24.7 Å². The van der Waals surface area contributed by atoms with Crippen LogP contribution in [0.5, 0.6) is 0 Å². The third-order valence-corrected chi connectivity index (χ3v) is 6.75. The van der Waals surface area contributed by atoms with Crippen LogP contribution in [0.4, 0.5) is 0 Å². The lowest BCUT2D eigenvalue weighted by Gasteiger charge is -2.51. The highest BCUT2D eigenvalue weighted by molar-refractivity contribution is 5.83. The number of esters is 1. The van der Waals surface area contributed by atoms with Gasteiger partial charge in [-0.25, -0.2) is 0 Å². The van der Waals surface area contributed by atoms with Gasteiger partial charge in [0.2, 0.25) is 0 Å². The number of carbonyl (C=O) groups is 2. The molecule has 0 aromatic rings. The van der Waals surface area contributed by atoms with Crippen molar-refractivity contribution in [1.29, 1.82) is 0 Å². The molecule has 2 heterocycles. The number of hydrogen-bond donors (Lipinski definition) is 2. The molecule has 2 aliphatic rings. The number of ether oxygens (including phenoxy) is 1. The number of rotatable bonds is 6. The molecule has 30 heavy (non-hydrogen) atoms. The number of carbonyl (C=O) groups excluding carboxylic acids is 2. The smallest absolute Gasteiger partial charge is 0.306 e. The SMILES string of the molecule is CC1(C)CC(CC(=O)CCC(=O)OC2CC(C)(C)N(O)C(C)(C)C2)CC(C)(C)N1O. The fourth-order valence-electron chi connectivity index (χ4n) is 5.79. The van der Waals surface area contributed by atoms with Gasteiger partial charge in [-0.1, -0.05) is 0 Å². The lowest BCUT2D eigenvalue weighted by atomic mass is 9.73. The number of piperidine rings is 2. The molecule has 2 rings (SSSR count). The van der Waals surface area contributed by atoms with Gasteiger partial charge in [-0.15, -0.1) is 0 Å². The molecule has 0 amide bonds. The van der Waals surface area contributed by atoms with Gasteiger partial charge in [-0.2, -0.15) is 10.1 Å². The third kappa shape index (κ3) is 5.81. The Bertz CT molecular complexity index is 564. The Kier molecular flexibility index (Phi) is 7.14. The molecule has 7 nitrogen and oxygen atoms in total. The van der Waals surface area contributed by atoms with E-state index >= 15 is 0 Å². The molecule has 0 unspecified atom stereocenters. The van der Waals surface area contributed by atoms with Gasteiger partial charge >= 0.3 is 5.97 Å². The highest BCUT2D eigenvalue weighted by atomic mass is 16.5. The monoisotopic (exact) mass is 426 g/mol. The van der Waals surface area contributed by atoms with Gasteiger partial charge in [0.1, 0.15) is 11.9 Å². The van der Waals surface area contributed by atoms with Crippen LogP contribution >= 0.6 is 0 Å². The molecular weight excluding hydrogens is 384 g/mol. The Morgan fingerprint density at radius 3 is 1.60 bits per heavy atom. The molecule has 0 radical (unpaired) electrons. The van der Waals surface area contributed by atoms with E-state index in [1.165, 1.54) is 10.1 Å². The van der Waals surface area contributed by atoms with E-state index in [0.29, 0.717) is 19.3 Å². The number of nitrogens with zero attached hydrogens (tertiary/aromatic N) is 2. The molecule has 0 aromatic carbocycles. The summed E-state index contributed by atoms with van der Waals surface area (Å²) in [5.74, 6) is -0.0876. The van der Waals surface area contributed by atoms with Crippen LogP contribution in [0.25, 0.3) is 0 Å². The number of hydroxylamine groups is 4. The average Bonchev–Trinajstić information content (AvgIpc) is 2.54. The lowest BCUT2D eigenvalue weighted by Crippen LogP contribution is -2.60. The molecule has 2 N–H and O–H groups in total. The molecule has 7 heteroatoms. The number of Topliss-reactive ketones (excluding diaryl/α,β-unsaturated/α-hetero) is 1. The molecule has 2 fully saturated rings. The van der Waals surface area contributed by atoms with Crippen LogP contribution < -0.4 is 0 Å². The predicted octanol–water partition coefficient (Wildman–Crippen LogP) is 4.34. The van der Waals surface area contributed by atoms with Crippen LogP contribution in [-0.4, -0.2) is 60.6 Å². The Hall–Kier alpha value is -1.02. The van der Waals surface area contributed by atoms with Gasteiger partial charge in [0.25, 0.3) is 0 Å². The van der Waals surface area contributed by atoms with E-state index in [0.717, 1.165) is 12.8 Å². The van der Waals surface area contributed by atoms with E-state index in [-0.39, 0.29) is 47.7 Å². The third-order valence-electron chi connectivity index (χ3n) is 6.75. The van der Waals surface area contributed by atoms with Crippen LogP contribution in [0.15, 0.2) is 0 Å². The minimum Gasteiger partial charge on any atom is -0.462 e. The van der Waals surface area contributed by atoms with Gasteiger partial charge in [0, 0.05) is 47.8 Å². The first-order valence-corrected chi connectivity index (χ1v) is 11.2. The van der Waals surface area contributed by atoms with Crippen molar-refractivity contribution in [3.63, 3.8) is 0 Å². The van der Waals surface area contributed by atoms with Crippen molar-refractivity contribution in [2.24, 2.45) is 5.92 Å². The first-order valence-electron chi connectivity index (χ1n) is 11.2. The normalized spacial score (nSPS) is 27.0. The second kappa shape index (κ2) is 8.49. The van der Waals surface area contributed by atoms with Gasteiger partial charge in [0.15, 0.2) is 0 Å². The van der Waals surface area contributed by atoms with E-state index in [2.05, 4.69) is 0 Å². The van der Waals surface area contributed by atoms with Gasteiger partial charge in [-0.3, -0.25) is 9.59 Å². The summed E-state index contributed by atoms with van der Waals surface area (Å²) in [6.07, 6.45) is 3.02. The topological polar surface area (TPSA) is 90.3 Å². The largest absolute Gasteiger partial charge is 0.462 e. The minimum absolute atomic E-state index is 0.0702. The van der Waals surface area contributed by atoms with Crippen LogP contribution in [0, 0.1) is 5.92 Å². The predicted molar refractivity (Wildman–Crippen MR) is 114 cm³/mol. The average molecular weight is 427 g/mol. The fraction of sp³-hybridized carbons (Fsp3) is 0.913. The van der Waals surface area contributed by atoms with Crippen molar-refractivity contribution in [3.05, 3.63) is 0 Å². The maximum absolute atomic E-state index is 12.5. The highest BCUT2D eigenvalue weighted by Gasteiger charge is 2.47. The molecule has 2 saturated heterocycles. The molecule has 0 saturated carbocycles. The van der Waals surface area contributed by atoms with E-state index < -0.39 is 11.1 Å². The second-order valence-electron chi connectivity index (χ2n) is 11.9. The van der Waals surface area contributed by atoms with Crippen LogP contribution in [0.1, 0.15) is 100 Å². The summed E-state index contributed by atoms with van der Waals surface area (Å²) in [5, 5.41) is 23.5. The van der Waals surface area contributed by atoms with Crippen molar-refractivity contribution in [2.75, 3.05) is 0 Å². The standard InChI is InChI=1S/C23H42N2O5/c1-20(2)12-16(13-21(3,4)24(20)28)11-17(26)9-10-19(27)30-18-14-22(5,6)25(29)23(7,8)15-18/h16,18,28-29H,9-15H2,1-8H3. The molecule has 174 valence electrons. The molecule has 0 bridgehead atoms. The van der Waals surface area contributed by atoms with E-state index in [9.17, 15) is 20.0 Å². The van der Waals surface area contributed by atoms with E-state index in [4.69, 9.17) is 4.74 Å². The summed E-state index contributed by atoms with van der Waals surface area (Å²) < 4.78 is 5.66. The zero-order valence-corrected chi connectivity index (χ0v) is 20.1. The molecular formula is C23H42N2O5. The zero-order valence-electron chi connectivity index (χ0n) is 20.1. The Balaban J connectivity index is 1.83. The summed E-state index contributed by atoms with van der Waals surface area (Å²) in [5.41, 5.74) is -1.73. The maximum Gasteiger partial charge on any atom is 0.306 e. The first kappa shape index (κ1) is 25.2. The number of ketones is 1. The highest BCUT2D eigenvalue weighted by Crippen LogP contribution is 2.41. The van der Waals surface area contributed by atoms with Crippen LogP contribution in [0.3, 0.4) is 0 Å². The number of hydrogen-bond acceptors (Lipinski definition) is 7. The summed E-state index contributed by atoms with van der Waals surface area (Å²) in [7, 11) is 0. The molecule has 0 aromatic heterocycles. The fourth-order valence-corrected chi connectivity index (χ4v) is 5.79. The van der Waals surface area contributed by atoms with Crippen LogP contribution in [0.2, 0.25) is 0 Å². The summed E-state index contributed by atoms with van der Waals surface area (Å²) in [4.78, 5) is 24.9. The Morgan fingerprint density at radius 1 is 0.767 bits per heavy atom. The summed E-state index contributed by atoms with van der Waals surface area (Å²) in [6, 6.07) is 0. The van der Waals surface area contributed by atoms with Crippen molar-refractivity contribution in [1.82, 2.24) is 10.1 Å². The molecule has 0 atom stereocenters.